The minimum atomic E-state index is 0.296. The van der Waals surface area contributed by atoms with Crippen molar-refractivity contribution in [2.24, 2.45) is 0 Å². The van der Waals surface area contributed by atoms with E-state index in [1.165, 1.54) is 0 Å². The van der Waals surface area contributed by atoms with E-state index in [1.807, 2.05) is 24.7 Å². The summed E-state index contributed by atoms with van der Waals surface area (Å²) >= 11 is 0. The summed E-state index contributed by atoms with van der Waals surface area (Å²) in [6.45, 7) is 6.55. The molecular weight excluding hydrogens is 348 g/mol. The molecule has 0 spiro atoms. The number of hydrogen-bond donors (Lipinski definition) is 2. The van der Waals surface area contributed by atoms with Crippen LogP contribution in [0.3, 0.4) is 0 Å². The predicted molar refractivity (Wildman–Crippen MR) is 112 cm³/mol. The molecule has 3 unspecified atom stereocenters. The van der Waals surface area contributed by atoms with Gasteiger partial charge in [-0.2, -0.15) is 0 Å². The minimum Gasteiger partial charge on any atom is -0.326 e. The summed E-state index contributed by atoms with van der Waals surface area (Å²) in [6, 6.07) is 13.6. The lowest BCUT2D eigenvalue weighted by atomic mass is 10.0. The Morgan fingerprint density at radius 3 is 2.68 bits per heavy atom. The fraction of sp³-hybridized carbons (Fsp3) is 0.409. The third-order valence-corrected chi connectivity index (χ3v) is 5.38. The van der Waals surface area contributed by atoms with E-state index in [9.17, 15) is 0 Å². The van der Waals surface area contributed by atoms with Crippen LogP contribution in [0.5, 0.6) is 0 Å². The molecule has 0 aliphatic carbocycles. The van der Waals surface area contributed by atoms with E-state index < -0.39 is 0 Å². The van der Waals surface area contributed by atoms with Crippen molar-refractivity contribution in [3.05, 3.63) is 54.7 Å². The number of aromatic nitrogens is 4. The first kappa shape index (κ1) is 18.8. The van der Waals surface area contributed by atoms with Gasteiger partial charge < -0.3 is 4.57 Å². The molecule has 1 aromatic carbocycles. The molecule has 3 heterocycles. The van der Waals surface area contributed by atoms with Crippen molar-refractivity contribution in [3.63, 3.8) is 0 Å². The average molecular weight is 377 g/mol. The van der Waals surface area contributed by atoms with Gasteiger partial charge in [0.25, 0.3) is 0 Å². The molecule has 2 aromatic heterocycles. The van der Waals surface area contributed by atoms with Crippen LogP contribution in [0.25, 0.3) is 22.6 Å². The first-order valence-electron chi connectivity index (χ1n) is 10.1. The van der Waals surface area contributed by atoms with Crippen LogP contribution >= 0.6 is 0 Å². The molecule has 3 aromatic rings. The molecule has 0 bridgehead atoms. The van der Waals surface area contributed by atoms with Crippen molar-refractivity contribution in [2.75, 3.05) is 0 Å². The van der Waals surface area contributed by atoms with E-state index in [0.717, 1.165) is 47.7 Å². The smallest absolute Gasteiger partial charge is 0.128 e. The Hall–Kier alpha value is -2.57. The zero-order valence-electron chi connectivity index (χ0n) is 16.8. The van der Waals surface area contributed by atoms with E-state index in [1.54, 1.807) is 0 Å². The molecule has 6 nitrogen and oxygen atoms in total. The van der Waals surface area contributed by atoms with E-state index in [2.05, 4.69) is 65.4 Å². The van der Waals surface area contributed by atoms with Crippen molar-refractivity contribution >= 4 is 0 Å². The highest BCUT2D eigenvalue weighted by molar-refractivity contribution is 5.76. The monoisotopic (exact) mass is 376 g/mol. The Kier molecular flexibility index (Phi) is 5.50. The third kappa shape index (κ3) is 3.84. The van der Waals surface area contributed by atoms with E-state index in [-0.39, 0.29) is 0 Å². The number of hydrogen-bond acceptors (Lipinski definition) is 5. The van der Waals surface area contributed by atoms with E-state index in [4.69, 9.17) is 9.97 Å². The highest BCUT2D eigenvalue weighted by Gasteiger charge is 2.25. The fourth-order valence-electron chi connectivity index (χ4n) is 3.94. The fourth-order valence-corrected chi connectivity index (χ4v) is 3.94. The summed E-state index contributed by atoms with van der Waals surface area (Å²) in [5, 5.41) is 0. The maximum Gasteiger partial charge on any atom is 0.128 e. The normalized spacial score (nSPS) is 20.4. The van der Waals surface area contributed by atoms with Crippen LogP contribution in [-0.4, -0.2) is 31.6 Å². The number of benzene rings is 1. The predicted octanol–water partition coefficient (Wildman–Crippen LogP) is 3.78. The number of aryl methyl sites for hydroxylation is 1. The molecule has 6 heteroatoms. The largest absolute Gasteiger partial charge is 0.326 e. The van der Waals surface area contributed by atoms with Crippen LogP contribution in [0.4, 0.5) is 0 Å². The lowest BCUT2D eigenvalue weighted by Crippen LogP contribution is -2.33. The van der Waals surface area contributed by atoms with Gasteiger partial charge in [-0.15, -0.1) is 0 Å². The number of hydrazine groups is 1. The lowest BCUT2D eigenvalue weighted by molar-refractivity contribution is 0.417. The molecule has 0 radical (unpaired) electrons. The van der Waals surface area contributed by atoms with E-state index >= 15 is 0 Å². The summed E-state index contributed by atoms with van der Waals surface area (Å²) in [4.78, 5) is 14.0. The molecule has 4 rings (SSSR count). The second-order valence-corrected chi connectivity index (χ2v) is 7.63. The molecule has 0 amide bonds. The summed E-state index contributed by atoms with van der Waals surface area (Å²) in [7, 11) is 0. The molecule has 2 N–H and O–H groups in total. The summed E-state index contributed by atoms with van der Waals surface area (Å²) in [5.74, 6) is 0.854. The van der Waals surface area contributed by atoms with Crippen LogP contribution in [0.1, 0.15) is 45.5 Å². The van der Waals surface area contributed by atoms with Crippen LogP contribution in [0.15, 0.2) is 48.9 Å². The van der Waals surface area contributed by atoms with Crippen molar-refractivity contribution in [2.45, 2.75) is 58.2 Å². The van der Waals surface area contributed by atoms with Gasteiger partial charge in [-0.1, -0.05) is 37.3 Å². The lowest BCUT2D eigenvalue weighted by Gasteiger charge is -2.20. The maximum absolute atomic E-state index is 4.81. The zero-order valence-corrected chi connectivity index (χ0v) is 16.8. The summed E-state index contributed by atoms with van der Waals surface area (Å²) < 4.78 is 2.27. The maximum atomic E-state index is 4.81. The number of rotatable bonds is 6. The molecule has 1 aliphatic rings. The number of nitrogens with zero attached hydrogens (tertiary/aromatic N) is 4. The van der Waals surface area contributed by atoms with Gasteiger partial charge in [-0.05, 0) is 32.8 Å². The Morgan fingerprint density at radius 1 is 1.14 bits per heavy atom. The Bertz CT molecular complexity index is 920. The van der Waals surface area contributed by atoms with Crippen LogP contribution in [-0.2, 0) is 6.42 Å². The Labute approximate surface area is 166 Å². The number of nitrogens with one attached hydrogen (secondary N) is 2. The molecule has 146 valence electrons. The number of imidazole rings is 1. The Morgan fingerprint density at radius 2 is 1.96 bits per heavy atom. The molecule has 1 aliphatic heterocycles. The molecule has 28 heavy (non-hydrogen) atoms. The molecule has 1 fully saturated rings. The van der Waals surface area contributed by atoms with Gasteiger partial charge >= 0.3 is 0 Å². The second-order valence-electron chi connectivity index (χ2n) is 7.63. The molecule has 1 saturated heterocycles. The molecule has 0 saturated carbocycles. The first-order valence-corrected chi connectivity index (χ1v) is 10.1. The van der Waals surface area contributed by atoms with Crippen LogP contribution in [0.2, 0.25) is 0 Å². The minimum absolute atomic E-state index is 0.296. The average Bonchev–Trinajstić information content (AvgIpc) is 3.35. The van der Waals surface area contributed by atoms with Gasteiger partial charge in [0, 0.05) is 36.3 Å². The quantitative estimate of drug-likeness (QED) is 0.685. The second kappa shape index (κ2) is 8.20. The van der Waals surface area contributed by atoms with Gasteiger partial charge in [-0.25, -0.2) is 15.0 Å². The van der Waals surface area contributed by atoms with Gasteiger partial charge in [0.1, 0.15) is 5.82 Å². The molecule has 3 atom stereocenters. The van der Waals surface area contributed by atoms with Gasteiger partial charge in [0.05, 0.1) is 23.4 Å². The summed E-state index contributed by atoms with van der Waals surface area (Å²) in [5.41, 5.74) is 10.8. The van der Waals surface area contributed by atoms with Crippen molar-refractivity contribution in [1.29, 1.82) is 0 Å². The van der Waals surface area contributed by atoms with Crippen molar-refractivity contribution in [3.8, 4) is 22.6 Å². The first-order chi connectivity index (χ1) is 13.7. The van der Waals surface area contributed by atoms with Crippen molar-refractivity contribution in [1.82, 2.24) is 30.4 Å². The van der Waals surface area contributed by atoms with Gasteiger partial charge in [-0.3, -0.25) is 10.9 Å². The van der Waals surface area contributed by atoms with E-state index in [0.29, 0.717) is 18.1 Å². The van der Waals surface area contributed by atoms with Crippen LogP contribution in [0, 0.1) is 0 Å². The van der Waals surface area contributed by atoms with Gasteiger partial charge in [0.15, 0.2) is 0 Å². The SMILES string of the molecule is CCc1nccc(-c2c(-c3ccccc3)ncn2C(C)CC2CC(C)NN2)n1. The van der Waals surface area contributed by atoms with Crippen molar-refractivity contribution < 1.29 is 0 Å². The highest BCUT2D eigenvalue weighted by atomic mass is 15.4. The third-order valence-electron chi connectivity index (χ3n) is 5.38. The van der Waals surface area contributed by atoms with Crippen LogP contribution < -0.4 is 10.9 Å². The zero-order chi connectivity index (χ0) is 19.5. The summed E-state index contributed by atoms with van der Waals surface area (Å²) in [6.07, 6.45) is 6.78. The topological polar surface area (TPSA) is 67.7 Å². The molecular formula is C22H28N6. The van der Waals surface area contributed by atoms with Gasteiger partial charge in [0.2, 0.25) is 0 Å². The highest BCUT2D eigenvalue weighted by Crippen LogP contribution is 2.33. The Balaban J connectivity index is 1.74. The standard InChI is InChI=1S/C22H28N6/c1-4-20-23-11-10-19(25-20)22-21(17-8-6-5-7-9-17)24-14-28(22)16(3)13-18-12-15(2)26-27-18/h5-11,14-16,18,26-27H,4,12-13H2,1-3H3.